The number of nitrogens with one attached hydrogen (secondary N) is 1. The molecule has 1 aromatic heterocycles. The number of aromatic amines is 1. The molecule has 0 saturated heterocycles. The molecule has 1 atom stereocenters. The van der Waals surface area contributed by atoms with Crippen molar-refractivity contribution < 1.29 is 19.0 Å². The van der Waals surface area contributed by atoms with Crippen molar-refractivity contribution in [3.8, 4) is 17.2 Å². The molecule has 1 N–H and O–H groups in total. The van der Waals surface area contributed by atoms with Gasteiger partial charge in [0.2, 0.25) is 0 Å². The quantitative estimate of drug-likeness (QED) is 0.763. The maximum Gasteiger partial charge on any atom is 0.274 e. The zero-order valence-corrected chi connectivity index (χ0v) is 15.8. The van der Waals surface area contributed by atoms with E-state index in [1.54, 1.807) is 27.4 Å². The van der Waals surface area contributed by atoms with Crippen LogP contribution in [0.25, 0.3) is 10.9 Å². The van der Waals surface area contributed by atoms with Gasteiger partial charge in [-0.3, -0.25) is 4.79 Å². The standard InChI is InChI=1S/C21H22N2O4/c1-12-9-13-7-5-6-8-16(13)23(12)21(24)15-10-14-17(25-2)11-18(26-3)20(27-4)19(14)22-15/h5-8,10-12,22H,9H2,1-4H3/t12-/m0/s1. The molecule has 6 heteroatoms. The van der Waals surface area contributed by atoms with Gasteiger partial charge in [-0.2, -0.15) is 0 Å². The number of ether oxygens (including phenoxy) is 3. The van der Waals surface area contributed by atoms with E-state index in [9.17, 15) is 4.79 Å². The number of fused-ring (bicyclic) bond motifs is 2. The summed E-state index contributed by atoms with van der Waals surface area (Å²) in [4.78, 5) is 18.4. The van der Waals surface area contributed by atoms with Gasteiger partial charge in [-0.1, -0.05) is 18.2 Å². The van der Waals surface area contributed by atoms with Crippen LogP contribution in [0.5, 0.6) is 17.2 Å². The average molecular weight is 366 g/mol. The van der Waals surface area contributed by atoms with Gasteiger partial charge in [0.15, 0.2) is 11.5 Å². The highest BCUT2D eigenvalue weighted by atomic mass is 16.5. The lowest BCUT2D eigenvalue weighted by Gasteiger charge is -2.22. The fraction of sp³-hybridized carbons (Fsp3) is 0.286. The summed E-state index contributed by atoms with van der Waals surface area (Å²) >= 11 is 0. The third-order valence-corrected chi connectivity index (χ3v) is 5.10. The SMILES string of the molecule is COc1cc(OC)c2cc(C(=O)N3c4ccccc4C[C@@H]3C)[nH]c2c1OC. The Labute approximate surface area is 157 Å². The van der Waals surface area contributed by atoms with Crippen LogP contribution in [0.4, 0.5) is 5.69 Å². The van der Waals surface area contributed by atoms with E-state index < -0.39 is 0 Å². The predicted molar refractivity (Wildman–Crippen MR) is 104 cm³/mol. The summed E-state index contributed by atoms with van der Waals surface area (Å²) in [6.07, 6.45) is 0.850. The predicted octanol–water partition coefficient (Wildman–Crippen LogP) is 3.79. The second-order valence-electron chi connectivity index (χ2n) is 6.64. The fourth-order valence-corrected chi connectivity index (χ4v) is 3.86. The molecule has 1 aliphatic rings. The zero-order valence-electron chi connectivity index (χ0n) is 15.8. The van der Waals surface area contributed by atoms with E-state index in [-0.39, 0.29) is 11.9 Å². The number of anilines is 1. The van der Waals surface area contributed by atoms with Crippen LogP contribution in [0, 0.1) is 0 Å². The lowest BCUT2D eigenvalue weighted by Crippen LogP contribution is -2.35. The van der Waals surface area contributed by atoms with Gasteiger partial charge in [0.1, 0.15) is 11.4 Å². The average Bonchev–Trinajstić information content (AvgIpc) is 3.26. The summed E-state index contributed by atoms with van der Waals surface area (Å²) in [5, 5.41) is 0.777. The lowest BCUT2D eigenvalue weighted by atomic mass is 10.1. The first-order valence-electron chi connectivity index (χ1n) is 8.82. The monoisotopic (exact) mass is 366 g/mol. The number of carbonyl (C=O) groups excluding carboxylic acids is 1. The molecule has 2 aromatic carbocycles. The molecule has 1 aliphatic heterocycles. The van der Waals surface area contributed by atoms with Gasteiger partial charge in [0.05, 0.1) is 26.8 Å². The Hall–Kier alpha value is -3.15. The van der Waals surface area contributed by atoms with Crippen LogP contribution < -0.4 is 19.1 Å². The largest absolute Gasteiger partial charge is 0.496 e. The molecule has 0 saturated carbocycles. The number of hydrogen-bond acceptors (Lipinski definition) is 4. The Morgan fingerprint density at radius 1 is 1.07 bits per heavy atom. The highest BCUT2D eigenvalue weighted by Gasteiger charge is 2.32. The van der Waals surface area contributed by atoms with E-state index in [4.69, 9.17) is 14.2 Å². The molecular weight excluding hydrogens is 344 g/mol. The number of nitrogens with zero attached hydrogens (tertiary/aromatic N) is 1. The van der Waals surface area contributed by atoms with Crippen LogP contribution in [0.2, 0.25) is 0 Å². The van der Waals surface area contributed by atoms with Crippen LogP contribution in [0.3, 0.4) is 0 Å². The molecule has 0 spiro atoms. The van der Waals surface area contributed by atoms with Gasteiger partial charge in [-0.25, -0.2) is 0 Å². The number of para-hydroxylation sites is 1. The van der Waals surface area contributed by atoms with Crippen LogP contribution in [0.15, 0.2) is 36.4 Å². The van der Waals surface area contributed by atoms with Gasteiger partial charge in [0, 0.05) is 23.2 Å². The van der Waals surface area contributed by atoms with Crippen LogP contribution in [0.1, 0.15) is 23.0 Å². The zero-order chi connectivity index (χ0) is 19.1. The Kier molecular flexibility index (Phi) is 4.18. The number of benzene rings is 2. The Bertz CT molecular complexity index is 1020. The van der Waals surface area contributed by atoms with Crippen molar-refractivity contribution in [2.75, 3.05) is 26.2 Å². The number of carbonyl (C=O) groups is 1. The third kappa shape index (κ3) is 2.60. The summed E-state index contributed by atoms with van der Waals surface area (Å²) < 4.78 is 16.4. The van der Waals surface area contributed by atoms with Crippen molar-refractivity contribution in [1.29, 1.82) is 0 Å². The topological polar surface area (TPSA) is 63.8 Å². The molecule has 140 valence electrons. The molecule has 3 aromatic rings. The molecular formula is C21H22N2O4. The smallest absolute Gasteiger partial charge is 0.274 e. The molecule has 0 unspecified atom stereocenters. The summed E-state index contributed by atoms with van der Waals surface area (Å²) in [5.41, 5.74) is 3.31. The Morgan fingerprint density at radius 2 is 1.81 bits per heavy atom. The number of methoxy groups -OCH3 is 3. The third-order valence-electron chi connectivity index (χ3n) is 5.10. The minimum atomic E-state index is -0.0771. The summed E-state index contributed by atoms with van der Waals surface area (Å²) in [6.45, 7) is 2.06. The number of H-pyrrole nitrogens is 1. The van der Waals surface area contributed by atoms with E-state index in [0.29, 0.717) is 28.5 Å². The first-order chi connectivity index (χ1) is 13.1. The van der Waals surface area contributed by atoms with Crippen LogP contribution in [-0.4, -0.2) is 38.3 Å². The van der Waals surface area contributed by atoms with Gasteiger partial charge < -0.3 is 24.1 Å². The summed E-state index contributed by atoms with van der Waals surface area (Å²) in [6, 6.07) is 11.7. The molecule has 0 fully saturated rings. The molecule has 2 heterocycles. The van der Waals surface area contributed by atoms with Gasteiger partial charge in [0.25, 0.3) is 5.91 Å². The molecule has 1 amide bonds. The maximum atomic E-state index is 13.3. The van der Waals surface area contributed by atoms with E-state index in [2.05, 4.69) is 18.0 Å². The highest BCUT2D eigenvalue weighted by Crippen LogP contribution is 2.42. The lowest BCUT2D eigenvalue weighted by molar-refractivity contribution is 0.0977. The van der Waals surface area contributed by atoms with Crippen molar-refractivity contribution in [3.63, 3.8) is 0 Å². The van der Waals surface area contributed by atoms with Gasteiger partial charge in [-0.15, -0.1) is 0 Å². The van der Waals surface area contributed by atoms with Gasteiger partial charge >= 0.3 is 0 Å². The molecule has 6 nitrogen and oxygen atoms in total. The van der Waals surface area contributed by atoms with Crippen molar-refractivity contribution in [2.45, 2.75) is 19.4 Å². The van der Waals surface area contributed by atoms with Crippen molar-refractivity contribution in [1.82, 2.24) is 4.98 Å². The number of rotatable bonds is 4. The first-order valence-corrected chi connectivity index (χ1v) is 8.82. The van der Waals surface area contributed by atoms with Crippen molar-refractivity contribution in [3.05, 3.63) is 47.7 Å². The van der Waals surface area contributed by atoms with Crippen molar-refractivity contribution >= 4 is 22.5 Å². The molecule has 4 rings (SSSR count). The second-order valence-corrected chi connectivity index (χ2v) is 6.64. The minimum Gasteiger partial charge on any atom is -0.496 e. The molecule has 27 heavy (non-hydrogen) atoms. The Morgan fingerprint density at radius 3 is 2.52 bits per heavy atom. The normalized spacial score (nSPS) is 15.7. The Balaban J connectivity index is 1.84. The second kappa shape index (κ2) is 6.54. The fourth-order valence-electron chi connectivity index (χ4n) is 3.86. The minimum absolute atomic E-state index is 0.0771. The summed E-state index contributed by atoms with van der Waals surface area (Å²) in [5.74, 6) is 1.63. The number of hydrogen-bond donors (Lipinski definition) is 1. The van der Waals surface area contributed by atoms with E-state index in [0.717, 1.165) is 17.5 Å². The summed E-state index contributed by atoms with van der Waals surface area (Å²) in [7, 11) is 4.74. The number of aromatic nitrogens is 1. The van der Waals surface area contributed by atoms with E-state index >= 15 is 0 Å². The maximum absolute atomic E-state index is 13.3. The van der Waals surface area contributed by atoms with Crippen LogP contribution >= 0.6 is 0 Å². The molecule has 0 aliphatic carbocycles. The number of amides is 1. The van der Waals surface area contributed by atoms with Crippen LogP contribution in [-0.2, 0) is 6.42 Å². The van der Waals surface area contributed by atoms with Gasteiger partial charge in [-0.05, 0) is 31.0 Å². The van der Waals surface area contributed by atoms with E-state index in [1.807, 2.05) is 29.2 Å². The van der Waals surface area contributed by atoms with Crippen molar-refractivity contribution in [2.24, 2.45) is 0 Å². The molecule has 0 bridgehead atoms. The molecule has 0 radical (unpaired) electrons. The highest BCUT2D eigenvalue weighted by molar-refractivity contribution is 6.10. The van der Waals surface area contributed by atoms with E-state index in [1.165, 1.54) is 5.56 Å². The first kappa shape index (κ1) is 17.3.